The van der Waals surface area contributed by atoms with Crippen LogP contribution in [0.15, 0.2) is 47.3 Å². The van der Waals surface area contributed by atoms with Crippen LogP contribution < -0.4 is 4.57 Å². The van der Waals surface area contributed by atoms with Gasteiger partial charge in [-0.05, 0) is 12.1 Å². The van der Waals surface area contributed by atoms with E-state index < -0.39 is 0 Å². The number of aryl methyl sites for hydroxylation is 1. The average molecular weight is 292 g/mol. The second-order valence-electron chi connectivity index (χ2n) is 3.67. The van der Waals surface area contributed by atoms with E-state index in [1.165, 1.54) is 0 Å². The topological polar surface area (TPSA) is 37.0 Å². The Morgan fingerprint density at radius 1 is 1.29 bits per heavy atom. The fourth-order valence-corrected chi connectivity index (χ4v) is 1.61. The van der Waals surface area contributed by atoms with Gasteiger partial charge in [-0.15, -0.1) is 0 Å². The number of hydrogen-bond donors (Lipinski definition) is 1. The Morgan fingerprint density at radius 2 is 2.00 bits per heavy atom. The molecule has 86 valence electrons. The minimum absolute atomic E-state index is 0.202. The summed E-state index contributed by atoms with van der Waals surface area (Å²) in [7, 11) is 0. The summed E-state index contributed by atoms with van der Waals surface area (Å²) < 4.78 is 2.70. The number of halogens is 1. The average Bonchev–Trinajstić information content (AvgIpc) is 2.33. The molecule has 0 amide bonds. The molecular formula is C13H12BrN2O+. The molecule has 1 aromatic heterocycles. The van der Waals surface area contributed by atoms with Crippen LogP contribution in [0, 0.1) is 6.92 Å². The highest BCUT2D eigenvalue weighted by molar-refractivity contribution is 9.10. The van der Waals surface area contributed by atoms with Crippen molar-refractivity contribution in [1.29, 1.82) is 0 Å². The maximum atomic E-state index is 9.93. The van der Waals surface area contributed by atoms with E-state index in [9.17, 15) is 5.11 Å². The largest absolute Gasteiger partial charge is 0.504 e. The molecule has 2 aromatic rings. The molecule has 1 heterocycles. The van der Waals surface area contributed by atoms with Crippen LogP contribution in [0.4, 0.5) is 0 Å². The van der Waals surface area contributed by atoms with Gasteiger partial charge in [-0.25, -0.2) is 4.57 Å². The molecule has 0 aliphatic rings. The standard InChI is InChI=1S/C13H11BrN2O/c1-10-6-7-16(9-15-10)8-13(17)11-2-4-12(14)5-3-11/h2-9H,1H3/p+1/b13-8+. The first-order valence-electron chi connectivity index (χ1n) is 5.15. The van der Waals surface area contributed by atoms with Gasteiger partial charge in [0.1, 0.15) is 6.20 Å². The number of aliphatic hydroxyl groups excluding tert-OH is 1. The second kappa shape index (κ2) is 5.10. The minimum Gasteiger partial charge on any atom is -0.504 e. The van der Waals surface area contributed by atoms with Crippen LogP contribution in [0.3, 0.4) is 0 Å². The van der Waals surface area contributed by atoms with E-state index in [4.69, 9.17) is 0 Å². The number of aliphatic hydroxyl groups is 1. The van der Waals surface area contributed by atoms with Crippen LogP contribution in [-0.2, 0) is 0 Å². The number of hydrogen-bond acceptors (Lipinski definition) is 2. The lowest BCUT2D eigenvalue weighted by molar-refractivity contribution is -0.571. The lowest BCUT2D eigenvalue weighted by atomic mass is 10.2. The van der Waals surface area contributed by atoms with Gasteiger partial charge in [0.15, 0.2) is 11.5 Å². The Bertz CT molecular complexity index is 532. The first-order chi connectivity index (χ1) is 8.15. The monoisotopic (exact) mass is 291 g/mol. The molecule has 0 aliphatic heterocycles. The van der Waals surface area contributed by atoms with Crippen molar-refractivity contribution in [2.75, 3.05) is 0 Å². The Labute approximate surface area is 108 Å². The van der Waals surface area contributed by atoms with Crippen molar-refractivity contribution in [3.05, 3.63) is 58.6 Å². The maximum absolute atomic E-state index is 9.93. The summed E-state index contributed by atoms with van der Waals surface area (Å²) >= 11 is 3.35. The summed E-state index contributed by atoms with van der Waals surface area (Å²) in [5.41, 5.74) is 1.71. The van der Waals surface area contributed by atoms with Gasteiger partial charge in [0.05, 0.1) is 6.20 Å². The number of nitrogens with zero attached hydrogens (tertiary/aromatic N) is 2. The van der Waals surface area contributed by atoms with Crippen LogP contribution in [-0.4, -0.2) is 10.1 Å². The van der Waals surface area contributed by atoms with E-state index in [1.54, 1.807) is 17.1 Å². The zero-order valence-corrected chi connectivity index (χ0v) is 10.9. The molecule has 0 fully saturated rings. The highest BCUT2D eigenvalue weighted by Gasteiger charge is 2.02. The highest BCUT2D eigenvalue weighted by Crippen LogP contribution is 2.15. The summed E-state index contributed by atoms with van der Waals surface area (Å²) in [5, 5.41) is 9.93. The third-order valence-corrected chi connectivity index (χ3v) is 2.82. The van der Waals surface area contributed by atoms with Gasteiger partial charge in [-0.3, -0.25) is 0 Å². The molecule has 0 bridgehead atoms. The molecule has 0 aliphatic carbocycles. The van der Waals surface area contributed by atoms with Crippen LogP contribution in [0.2, 0.25) is 0 Å². The molecule has 0 spiro atoms. The van der Waals surface area contributed by atoms with Crippen LogP contribution >= 0.6 is 15.9 Å². The molecule has 4 heteroatoms. The van der Waals surface area contributed by atoms with Crippen molar-refractivity contribution in [3.8, 4) is 0 Å². The normalized spacial score (nSPS) is 11.5. The lowest BCUT2D eigenvalue weighted by Crippen LogP contribution is -2.26. The fraction of sp³-hybridized carbons (Fsp3) is 0.0769. The van der Waals surface area contributed by atoms with Gasteiger partial charge in [-0.1, -0.05) is 33.0 Å². The second-order valence-corrected chi connectivity index (χ2v) is 4.59. The van der Waals surface area contributed by atoms with Gasteiger partial charge < -0.3 is 5.11 Å². The quantitative estimate of drug-likeness (QED) is 0.682. The minimum atomic E-state index is 0.202. The molecule has 0 radical (unpaired) electrons. The smallest absolute Gasteiger partial charge is 0.291 e. The summed E-state index contributed by atoms with van der Waals surface area (Å²) in [6, 6.07) is 9.34. The molecule has 2 rings (SSSR count). The van der Waals surface area contributed by atoms with Gasteiger partial charge in [-0.2, -0.15) is 0 Å². The fourth-order valence-electron chi connectivity index (χ4n) is 1.35. The van der Waals surface area contributed by atoms with Crippen LogP contribution in [0.1, 0.15) is 11.3 Å². The van der Waals surface area contributed by atoms with Crippen molar-refractivity contribution in [1.82, 2.24) is 4.98 Å². The van der Waals surface area contributed by atoms with Crippen molar-refractivity contribution >= 4 is 27.9 Å². The third kappa shape index (κ3) is 3.14. The number of rotatable bonds is 2. The van der Waals surface area contributed by atoms with Gasteiger partial charge in [0.25, 0.3) is 6.33 Å². The Morgan fingerprint density at radius 3 is 2.59 bits per heavy atom. The van der Waals surface area contributed by atoms with Gasteiger partial charge in [0, 0.05) is 23.0 Å². The Kier molecular flexibility index (Phi) is 3.54. The summed E-state index contributed by atoms with van der Waals surface area (Å²) in [6.07, 6.45) is 5.12. The molecule has 1 N–H and O–H groups in total. The Hall–Kier alpha value is -1.68. The first-order valence-corrected chi connectivity index (χ1v) is 5.94. The molecule has 0 atom stereocenters. The van der Waals surface area contributed by atoms with E-state index in [2.05, 4.69) is 20.9 Å². The maximum Gasteiger partial charge on any atom is 0.291 e. The van der Waals surface area contributed by atoms with Crippen molar-refractivity contribution < 1.29 is 9.67 Å². The molecular weight excluding hydrogens is 280 g/mol. The van der Waals surface area contributed by atoms with E-state index in [0.717, 1.165) is 15.7 Å². The number of aromatic nitrogens is 2. The molecule has 0 saturated carbocycles. The van der Waals surface area contributed by atoms with Gasteiger partial charge >= 0.3 is 0 Å². The zero-order valence-electron chi connectivity index (χ0n) is 9.34. The summed E-state index contributed by atoms with van der Waals surface area (Å²) in [4.78, 5) is 4.14. The zero-order chi connectivity index (χ0) is 12.3. The summed E-state index contributed by atoms with van der Waals surface area (Å²) in [6.45, 7) is 1.92. The van der Waals surface area contributed by atoms with E-state index in [-0.39, 0.29) is 5.76 Å². The lowest BCUT2D eigenvalue weighted by Gasteiger charge is -1.99. The van der Waals surface area contributed by atoms with Crippen molar-refractivity contribution in [2.24, 2.45) is 0 Å². The van der Waals surface area contributed by atoms with Crippen LogP contribution in [0.25, 0.3) is 12.0 Å². The van der Waals surface area contributed by atoms with E-state index in [0.29, 0.717) is 0 Å². The predicted molar refractivity (Wildman–Crippen MR) is 70.1 cm³/mol. The molecule has 17 heavy (non-hydrogen) atoms. The predicted octanol–water partition coefficient (Wildman–Crippen LogP) is 2.95. The SMILES string of the molecule is Cc1cc[n+](/C=C(/O)c2ccc(Br)cc2)cn1. The number of benzene rings is 1. The van der Waals surface area contributed by atoms with Gasteiger partial charge in [0.2, 0.25) is 0 Å². The first kappa shape index (κ1) is 11.8. The molecule has 3 nitrogen and oxygen atoms in total. The van der Waals surface area contributed by atoms with Crippen LogP contribution in [0.5, 0.6) is 0 Å². The molecule has 0 unspecified atom stereocenters. The molecule has 0 saturated heterocycles. The van der Waals surface area contributed by atoms with Crippen molar-refractivity contribution in [2.45, 2.75) is 6.92 Å². The van der Waals surface area contributed by atoms with E-state index >= 15 is 0 Å². The highest BCUT2D eigenvalue weighted by atomic mass is 79.9. The Balaban J connectivity index is 2.27. The third-order valence-electron chi connectivity index (χ3n) is 2.29. The van der Waals surface area contributed by atoms with E-state index in [1.807, 2.05) is 43.5 Å². The van der Waals surface area contributed by atoms with Crippen molar-refractivity contribution in [3.63, 3.8) is 0 Å². The molecule has 1 aromatic carbocycles. The summed E-state index contributed by atoms with van der Waals surface area (Å²) in [5.74, 6) is 0.202.